The van der Waals surface area contributed by atoms with Gasteiger partial charge >= 0.3 is 11.9 Å². The second-order valence-electron chi connectivity index (χ2n) is 5.04. The third-order valence-corrected chi connectivity index (χ3v) is 3.50. The lowest BCUT2D eigenvalue weighted by atomic mass is 10.1. The Morgan fingerprint density at radius 2 is 2.00 bits per heavy atom. The summed E-state index contributed by atoms with van der Waals surface area (Å²) in [6.07, 6.45) is -0.182. The van der Waals surface area contributed by atoms with Crippen molar-refractivity contribution in [2.45, 2.75) is 33.4 Å². The molecule has 0 amide bonds. The fraction of sp³-hybridized carbons (Fsp3) is 0.333. The fourth-order valence-electron chi connectivity index (χ4n) is 2.05. The molecule has 0 unspecified atom stereocenters. The highest BCUT2D eigenvalue weighted by molar-refractivity contribution is 5.86. The lowest BCUT2D eigenvalue weighted by Crippen LogP contribution is -2.13. The number of aliphatic carboxylic acids is 1. The van der Waals surface area contributed by atoms with Crippen molar-refractivity contribution in [1.82, 2.24) is 15.0 Å². The monoisotopic (exact) mass is 319 g/mol. The Balaban J connectivity index is 2.23. The molecule has 0 aliphatic rings. The largest absolute Gasteiger partial charge is 0.487 e. The standard InChI is InChI=1S/C15H17N3O5/c1-9-4-3-5-12(10(9)2)23-8-11-14(15(21)22)16-17-18(11)7-6-13(19)20/h3-5H,6-8H2,1-2H3,(H,19,20)(H,21,22). The number of rotatable bonds is 7. The van der Waals surface area contributed by atoms with E-state index in [-0.39, 0.29) is 31.0 Å². The lowest BCUT2D eigenvalue weighted by molar-refractivity contribution is -0.137. The first-order valence-electron chi connectivity index (χ1n) is 6.96. The molecule has 2 N–H and O–H groups in total. The smallest absolute Gasteiger partial charge is 0.358 e. The van der Waals surface area contributed by atoms with Crippen LogP contribution in [0.4, 0.5) is 0 Å². The van der Waals surface area contributed by atoms with Crippen LogP contribution in [0.25, 0.3) is 0 Å². The summed E-state index contributed by atoms with van der Waals surface area (Å²) in [6.45, 7) is 3.83. The van der Waals surface area contributed by atoms with E-state index in [1.165, 1.54) is 4.68 Å². The Bertz CT molecular complexity index is 739. The number of hydrogen-bond acceptors (Lipinski definition) is 5. The summed E-state index contributed by atoms with van der Waals surface area (Å²) in [4.78, 5) is 21.9. The van der Waals surface area contributed by atoms with Crippen LogP contribution in [0.1, 0.15) is 33.7 Å². The van der Waals surface area contributed by atoms with E-state index in [1.807, 2.05) is 26.0 Å². The normalized spacial score (nSPS) is 10.5. The van der Waals surface area contributed by atoms with E-state index in [4.69, 9.17) is 14.9 Å². The first kappa shape index (κ1) is 16.5. The fourth-order valence-corrected chi connectivity index (χ4v) is 2.05. The van der Waals surface area contributed by atoms with Gasteiger partial charge in [-0.25, -0.2) is 9.48 Å². The minimum atomic E-state index is -1.23. The molecule has 0 bridgehead atoms. The number of nitrogens with zero attached hydrogens (tertiary/aromatic N) is 3. The molecule has 23 heavy (non-hydrogen) atoms. The molecule has 1 aromatic heterocycles. The van der Waals surface area contributed by atoms with Gasteiger partial charge in [-0.15, -0.1) is 5.10 Å². The third kappa shape index (κ3) is 3.85. The SMILES string of the molecule is Cc1cccc(OCc2c(C(=O)O)nnn2CCC(=O)O)c1C. The van der Waals surface area contributed by atoms with Gasteiger partial charge in [-0.05, 0) is 31.0 Å². The van der Waals surface area contributed by atoms with Gasteiger partial charge < -0.3 is 14.9 Å². The van der Waals surface area contributed by atoms with Crippen LogP contribution in [0.2, 0.25) is 0 Å². The maximum Gasteiger partial charge on any atom is 0.358 e. The van der Waals surface area contributed by atoms with Gasteiger partial charge in [0.1, 0.15) is 18.1 Å². The summed E-state index contributed by atoms with van der Waals surface area (Å²) in [6, 6.07) is 5.58. The van der Waals surface area contributed by atoms with Crippen LogP contribution in [-0.2, 0) is 17.9 Å². The zero-order valence-electron chi connectivity index (χ0n) is 12.8. The van der Waals surface area contributed by atoms with E-state index in [9.17, 15) is 9.59 Å². The molecule has 0 spiro atoms. The second-order valence-corrected chi connectivity index (χ2v) is 5.04. The van der Waals surface area contributed by atoms with Crippen molar-refractivity contribution >= 4 is 11.9 Å². The molecule has 0 aliphatic carbocycles. The number of ether oxygens (including phenoxy) is 1. The Morgan fingerprint density at radius 3 is 2.65 bits per heavy atom. The van der Waals surface area contributed by atoms with Crippen LogP contribution in [0.5, 0.6) is 5.75 Å². The number of carbonyl (C=O) groups is 2. The average Bonchev–Trinajstić information content (AvgIpc) is 2.90. The first-order valence-corrected chi connectivity index (χ1v) is 6.96. The Hall–Kier alpha value is -2.90. The third-order valence-electron chi connectivity index (χ3n) is 3.50. The van der Waals surface area contributed by atoms with Crippen LogP contribution in [-0.4, -0.2) is 37.1 Å². The number of aryl methyl sites for hydroxylation is 2. The molecule has 1 heterocycles. The van der Waals surface area contributed by atoms with Crippen LogP contribution in [0.15, 0.2) is 18.2 Å². The Labute approximate surface area is 132 Å². The maximum atomic E-state index is 11.2. The van der Waals surface area contributed by atoms with Crippen molar-refractivity contribution < 1.29 is 24.5 Å². The number of benzene rings is 1. The van der Waals surface area contributed by atoms with Crippen molar-refractivity contribution in [3.63, 3.8) is 0 Å². The van der Waals surface area contributed by atoms with Crippen molar-refractivity contribution in [3.8, 4) is 5.75 Å². The van der Waals surface area contributed by atoms with E-state index in [2.05, 4.69) is 10.3 Å². The summed E-state index contributed by atoms with van der Waals surface area (Å²) in [5.41, 5.74) is 2.01. The molecule has 0 atom stereocenters. The van der Waals surface area contributed by atoms with Crippen molar-refractivity contribution in [1.29, 1.82) is 0 Å². The summed E-state index contributed by atoms with van der Waals surface area (Å²) in [7, 11) is 0. The average molecular weight is 319 g/mol. The molecule has 0 saturated heterocycles. The van der Waals surface area contributed by atoms with E-state index < -0.39 is 11.9 Å². The van der Waals surface area contributed by atoms with Crippen LogP contribution in [0, 0.1) is 13.8 Å². The minimum absolute atomic E-state index is 0.0289. The molecule has 0 aliphatic heterocycles. The maximum absolute atomic E-state index is 11.2. The number of carboxylic acid groups (broad SMARTS) is 2. The number of aromatic nitrogens is 3. The van der Waals surface area contributed by atoms with E-state index in [0.29, 0.717) is 5.75 Å². The molecule has 0 saturated carbocycles. The highest BCUT2D eigenvalue weighted by Crippen LogP contribution is 2.22. The second kappa shape index (κ2) is 6.91. The zero-order valence-corrected chi connectivity index (χ0v) is 12.8. The summed E-state index contributed by atoms with van der Waals surface area (Å²) in [5, 5.41) is 25.2. The molecule has 1 aromatic carbocycles. The van der Waals surface area contributed by atoms with Gasteiger partial charge in [-0.1, -0.05) is 17.3 Å². The minimum Gasteiger partial charge on any atom is -0.487 e. The van der Waals surface area contributed by atoms with Gasteiger partial charge in [0.05, 0.1) is 13.0 Å². The molecule has 122 valence electrons. The Kier molecular flexibility index (Phi) is 4.95. The molecule has 2 rings (SSSR count). The van der Waals surface area contributed by atoms with E-state index in [0.717, 1.165) is 11.1 Å². The van der Waals surface area contributed by atoms with Gasteiger partial charge in [0.15, 0.2) is 5.69 Å². The van der Waals surface area contributed by atoms with Gasteiger partial charge in [-0.2, -0.15) is 0 Å². The molecule has 8 nitrogen and oxygen atoms in total. The molecule has 0 fully saturated rings. The molecule has 0 radical (unpaired) electrons. The highest BCUT2D eigenvalue weighted by Gasteiger charge is 2.20. The van der Waals surface area contributed by atoms with Crippen molar-refractivity contribution in [2.24, 2.45) is 0 Å². The van der Waals surface area contributed by atoms with Crippen molar-refractivity contribution in [3.05, 3.63) is 40.7 Å². The molecular formula is C15H17N3O5. The summed E-state index contributed by atoms with van der Waals surface area (Å²) < 4.78 is 6.94. The van der Waals surface area contributed by atoms with Crippen LogP contribution < -0.4 is 4.74 Å². The summed E-state index contributed by atoms with van der Waals surface area (Å²) in [5.74, 6) is -1.60. The van der Waals surface area contributed by atoms with Crippen molar-refractivity contribution in [2.75, 3.05) is 0 Å². The number of hydrogen-bond donors (Lipinski definition) is 2. The van der Waals surface area contributed by atoms with E-state index >= 15 is 0 Å². The predicted molar refractivity (Wildman–Crippen MR) is 79.5 cm³/mol. The van der Waals surface area contributed by atoms with Gasteiger partial charge in [-0.3, -0.25) is 4.79 Å². The molecule has 8 heteroatoms. The molecular weight excluding hydrogens is 302 g/mol. The number of aromatic carboxylic acids is 1. The predicted octanol–water partition coefficient (Wildman–Crippen LogP) is 1.65. The van der Waals surface area contributed by atoms with Crippen LogP contribution in [0.3, 0.4) is 0 Å². The van der Waals surface area contributed by atoms with Gasteiger partial charge in [0.2, 0.25) is 0 Å². The zero-order chi connectivity index (χ0) is 17.0. The lowest BCUT2D eigenvalue weighted by Gasteiger charge is -2.12. The van der Waals surface area contributed by atoms with Gasteiger partial charge in [0, 0.05) is 0 Å². The topological polar surface area (TPSA) is 115 Å². The number of carboxylic acids is 2. The first-order chi connectivity index (χ1) is 10.9. The quantitative estimate of drug-likeness (QED) is 0.797. The highest BCUT2D eigenvalue weighted by atomic mass is 16.5. The van der Waals surface area contributed by atoms with E-state index in [1.54, 1.807) is 6.07 Å². The molecule has 2 aromatic rings. The van der Waals surface area contributed by atoms with Crippen LogP contribution >= 0.6 is 0 Å². The summed E-state index contributed by atoms with van der Waals surface area (Å²) >= 11 is 0. The van der Waals surface area contributed by atoms with Gasteiger partial charge in [0.25, 0.3) is 0 Å². The Morgan fingerprint density at radius 1 is 1.26 bits per heavy atom.